The highest BCUT2D eigenvalue weighted by Gasteiger charge is 2.28. The molecule has 1 fully saturated rings. The van der Waals surface area contributed by atoms with Gasteiger partial charge in [0.05, 0.1) is 11.8 Å². The smallest absolute Gasteiger partial charge is 0.146 e. The number of halogens is 1. The topological polar surface area (TPSA) is 49.5 Å². The lowest BCUT2D eigenvalue weighted by molar-refractivity contribution is 0.136. The number of benzene rings is 1. The number of nitrogens with two attached hydrogens (primary N) is 1. The van der Waals surface area contributed by atoms with Crippen LogP contribution in [0.3, 0.4) is 0 Å². The van der Waals surface area contributed by atoms with Crippen LogP contribution in [0.2, 0.25) is 0 Å². The molecule has 3 N–H and O–H groups in total. The zero-order chi connectivity index (χ0) is 12.4. The molecule has 94 valence electrons. The number of hydrogen-bond donors (Lipinski definition) is 2. The Bertz CT molecular complexity index is 395. The van der Waals surface area contributed by atoms with Gasteiger partial charge in [0, 0.05) is 25.6 Å². The average Bonchev–Trinajstić information content (AvgIpc) is 2.77. The second-order valence-electron chi connectivity index (χ2n) is 4.69. The summed E-state index contributed by atoms with van der Waals surface area (Å²) in [6.45, 7) is 3.61. The summed E-state index contributed by atoms with van der Waals surface area (Å²) in [4.78, 5) is 1.99. The van der Waals surface area contributed by atoms with Crippen LogP contribution in [-0.2, 0) is 6.54 Å². The lowest BCUT2D eigenvalue weighted by Gasteiger charge is -2.23. The number of para-hydroxylation sites is 1. The normalized spacial score (nSPS) is 21.9. The number of aliphatic hydroxyl groups excluding tert-OH is 1. The van der Waals surface area contributed by atoms with Crippen molar-refractivity contribution in [2.45, 2.75) is 26.0 Å². The highest BCUT2D eigenvalue weighted by Crippen LogP contribution is 2.30. The Morgan fingerprint density at radius 3 is 2.94 bits per heavy atom. The van der Waals surface area contributed by atoms with Gasteiger partial charge in [0.25, 0.3) is 0 Å². The Morgan fingerprint density at radius 1 is 1.59 bits per heavy atom. The van der Waals surface area contributed by atoms with Crippen molar-refractivity contribution in [2.75, 3.05) is 18.0 Å². The molecule has 4 heteroatoms. The van der Waals surface area contributed by atoms with Gasteiger partial charge in [-0.1, -0.05) is 12.1 Å². The first kappa shape index (κ1) is 12.3. The number of rotatable bonds is 3. The molecular weight excluding hydrogens is 219 g/mol. The fourth-order valence-corrected chi connectivity index (χ4v) is 2.46. The van der Waals surface area contributed by atoms with Crippen LogP contribution in [0.5, 0.6) is 0 Å². The predicted molar refractivity (Wildman–Crippen MR) is 66.3 cm³/mol. The molecule has 0 radical (unpaired) electrons. The average molecular weight is 238 g/mol. The quantitative estimate of drug-likeness (QED) is 0.839. The molecule has 0 bridgehead atoms. The van der Waals surface area contributed by atoms with E-state index < -0.39 is 0 Å². The Morgan fingerprint density at radius 2 is 2.35 bits per heavy atom. The van der Waals surface area contributed by atoms with Gasteiger partial charge in [0.15, 0.2) is 0 Å². The van der Waals surface area contributed by atoms with Gasteiger partial charge in [-0.15, -0.1) is 0 Å². The molecule has 0 saturated carbocycles. The van der Waals surface area contributed by atoms with Crippen molar-refractivity contribution in [1.82, 2.24) is 0 Å². The van der Waals surface area contributed by atoms with Crippen LogP contribution in [0.25, 0.3) is 0 Å². The third kappa shape index (κ3) is 2.42. The first-order valence-electron chi connectivity index (χ1n) is 6.04. The van der Waals surface area contributed by atoms with E-state index in [0.717, 1.165) is 18.5 Å². The van der Waals surface area contributed by atoms with Gasteiger partial charge in [-0.3, -0.25) is 0 Å². The van der Waals surface area contributed by atoms with Gasteiger partial charge in [-0.2, -0.15) is 0 Å². The van der Waals surface area contributed by atoms with Crippen LogP contribution in [0.15, 0.2) is 18.2 Å². The van der Waals surface area contributed by atoms with Crippen molar-refractivity contribution >= 4 is 5.69 Å². The maximum Gasteiger partial charge on any atom is 0.146 e. The highest BCUT2D eigenvalue weighted by molar-refractivity contribution is 5.55. The van der Waals surface area contributed by atoms with Crippen molar-refractivity contribution in [3.05, 3.63) is 29.6 Å². The first-order valence-corrected chi connectivity index (χ1v) is 6.04. The Labute approximate surface area is 101 Å². The predicted octanol–water partition coefficient (Wildman–Crippen LogP) is 1.49. The van der Waals surface area contributed by atoms with Crippen LogP contribution >= 0.6 is 0 Å². The van der Waals surface area contributed by atoms with Crippen LogP contribution in [0.4, 0.5) is 10.1 Å². The maximum absolute atomic E-state index is 13.9. The largest absolute Gasteiger partial charge is 0.393 e. The van der Waals surface area contributed by atoms with Crippen molar-refractivity contribution in [3.63, 3.8) is 0 Å². The first-order chi connectivity index (χ1) is 8.13. The molecule has 17 heavy (non-hydrogen) atoms. The molecule has 2 rings (SSSR count). The summed E-state index contributed by atoms with van der Waals surface area (Å²) in [7, 11) is 0. The van der Waals surface area contributed by atoms with Gasteiger partial charge >= 0.3 is 0 Å². The number of nitrogens with zero attached hydrogens (tertiary/aromatic N) is 1. The molecule has 0 spiro atoms. The van der Waals surface area contributed by atoms with Gasteiger partial charge in [0.1, 0.15) is 5.82 Å². The summed E-state index contributed by atoms with van der Waals surface area (Å²) >= 11 is 0. The molecule has 1 aliphatic rings. The molecule has 0 amide bonds. The summed E-state index contributed by atoms with van der Waals surface area (Å²) in [6.07, 6.45) is 0.559. The van der Waals surface area contributed by atoms with Gasteiger partial charge in [-0.25, -0.2) is 4.39 Å². The number of anilines is 1. The lowest BCUT2D eigenvalue weighted by Crippen LogP contribution is -2.26. The van der Waals surface area contributed by atoms with Gasteiger partial charge in [-0.05, 0) is 25.0 Å². The summed E-state index contributed by atoms with van der Waals surface area (Å²) in [6, 6.07) is 5.00. The second kappa shape index (κ2) is 5.02. The van der Waals surface area contributed by atoms with Crippen molar-refractivity contribution in [3.8, 4) is 0 Å². The fourth-order valence-electron chi connectivity index (χ4n) is 2.46. The SMILES string of the molecule is CC(O)C1CCN(c2c(F)cccc2CN)C1. The molecule has 0 aromatic heterocycles. The van der Waals surface area contributed by atoms with Crippen molar-refractivity contribution in [1.29, 1.82) is 0 Å². The van der Waals surface area contributed by atoms with Crippen molar-refractivity contribution < 1.29 is 9.50 Å². The summed E-state index contributed by atoms with van der Waals surface area (Å²) < 4.78 is 13.9. The Balaban J connectivity index is 2.24. The van der Waals surface area contributed by atoms with E-state index in [1.165, 1.54) is 6.07 Å². The Kier molecular flexibility index (Phi) is 3.64. The maximum atomic E-state index is 13.9. The minimum Gasteiger partial charge on any atom is -0.393 e. The molecule has 2 atom stereocenters. The van der Waals surface area contributed by atoms with E-state index in [1.54, 1.807) is 13.0 Å². The van der Waals surface area contributed by atoms with Crippen LogP contribution in [0, 0.1) is 11.7 Å². The monoisotopic (exact) mass is 238 g/mol. The molecule has 1 aromatic rings. The molecule has 1 aromatic carbocycles. The van der Waals surface area contributed by atoms with Crippen LogP contribution in [-0.4, -0.2) is 24.3 Å². The number of hydrogen-bond acceptors (Lipinski definition) is 3. The minimum absolute atomic E-state index is 0.222. The van der Waals surface area contributed by atoms with E-state index in [-0.39, 0.29) is 17.8 Å². The van der Waals surface area contributed by atoms with E-state index in [4.69, 9.17) is 5.73 Å². The molecule has 1 aliphatic heterocycles. The van der Waals surface area contributed by atoms with Gasteiger partial charge in [0.2, 0.25) is 0 Å². The van der Waals surface area contributed by atoms with E-state index in [1.807, 2.05) is 11.0 Å². The van der Waals surface area contributed by atoms with Crippen LogP contribution in [0.1, 0.15) is 18.9 Å². The molecule has 0 aliphatic carbocycles. The van der Waals surface area contributed by atoms with Crippen molar-refractivity contribution in [2.24, 2.45) is 11.7 Å². The van der Waals surface area contributed by atoms with E-state index in [2.05, 4.69) is 0 Å². The molecule has 1 heterocycles. The number of aliphatic hydroxyl groups is 1. The van der Waals surface area contributed by atoms with E-state index >= 15 is 0 Å². The summed E-state index contributed by atoms with van der Waals surface area (Å²) in [5.74, 6) is -0.000534. The minimum atomic E-state index is -0.340. The van der Waals surface area contributed by atoms with Gasteiger partial charge < -0.3 is 15.7 Å². The third-order valence-electron chi connectivity index (χ3n) is 3.51. The molecule has 2 unspecified atom stereocenters. The van der Waals surface area contributed by atoms with E-state index in [0.29, 0.717) is 18.8 Å². The second-order valence-corrected chi connectivity index (χ2v) is 4.69. The zero-order valence-electron chi connectivity index (χ0n) is 10.1. The molecular formula is C13H19FN2O. The molecule has 3 nitrogen and oxygen atoms in total. The standard InChI is InChI=1S/C13H19FN2O/c1-9(17)11-5-6-16(8-11)13-10(7-15)3-2-4-12(13)14/h2-4,9,11,17H,5-8,15H2,1H3. The summed E-state index contributed by atoms with van der Waals surface area (Å²) in [5.41, 5.74) is 7.08. The summed E-state index contributed by atoms with van der Waals surface area (Å²) in [5, 5.41) is 9.57. The fraction of sp³-hybridized carbons (Fsp3) is 0.538. The lowest BCUT2D eigenvalue weighted by atomic mass is 10.0. The Hall–Kier alpha value is -1.13. The molecule has 1 saturated heterocycles. The third-order valence-corrected chi connectivity index (χ3v) is 3.51. The van der Waals surface area contributed by atoms with E-state index in [9.17, 15) is 9.50 Å². The zero-order valence-corrected chi connectivity index (χ0v) is 10.1. The van der Waals surface area contributed by atoms with Crippen LogP contribution < -0.4 is 10.6 Å². The highest BCUT2D eigenvalue weighted by atomic mass is 19.1.